The molecule has 0 amide bonds. The normalized spacial score (nSPS) is 11.8. The molecule has 0 rings (SSSR count). The number of carbonyl (C=O) groups excluding carboxylic acids is 1. The van der Waals surface area contributed by atoms with E-state index >= 15 is 0 Å². The first-order chi connectivity index (χ1) is 15.8. The molecule has 0 fully saturated rings. The average Bonchev–Trinajstić information content (AvgIpc) is 2.73. The van der Waals surface area contributed by atoms with Gasteiger partial charge in [-0.3, -0.25) is 9.59 Å². The third kappa shape index (κ3) is 20.4. The molecule has 0 unspecified atom stereocenters. The maximum absolute atomic E-state index is 11.0. The number of carboxylic acids is 3. The van der Waals surface area contributed by atoms with Gasteiger partial charge in [-0.05, 0) is 44.9 Å². The molecule has 0 aromatic carbocycles. The second-order valence-corrected chi connectivity index (χ2v) is 9.23. The number of hydrogen-bond acceptors (Lipinski definition) is 4. The zero-order valence-electron chi connectivity index (χ0n) is 20.8. The minimum absolute atomic E-state index is 0.0240. The summed E-state index contributed by atoms with van der Waals surface area (Å²) in [4.78, 5) is 32.9. The molecular formula is C26H47NO6. The molecule has 0 aliphatic carbocycles. The quantitative estimate of drug-likeness (QED) is 0.122. The summed E-state index contributed by atoms with van der Waals surface area (Å²) in [5.74, 6) is -2.76. The summed E-state index contributed by atoms with van der Waals surface area (Å²) < 4.78 is 0.605. The fourth-order valence-electron chi connectivity index (χ4n) is 4.35. The molecule has 33 heavy (non-hydrogen) atoms. The minimum atomic E-state index is -1.08. The molecule has 0 aliphatic rings. The van der Waals surface area contributed by atoms with Gasteiger partial charge in [-0.15, -0.1) is 0 Å². The van der Waals surface area contributed by atoms with Crippen LogP contribution in [0.3, 0.4) is 0 Å². The van der Waals surface area contributed by atoms with Crippen molar-refractivity contribution in [1.29, 1.82) is 0 Å². The number of aliphatic carboxylic acids is 3. The van der Waals surface area contributed by atoms with Crippen LogP contribution in [-0.4, -0.2) is 58.8 Å². The Bertz CT molecular complexity index is 511. The third-order valence-electron chi connectivity index (χ3n) is 6.20. The molecule has 0 spiro atoms. The van der Waals surface area contributed by atoms with Crippen molar-refractivity contribution in [2.24, 2.45) is 0 Å². The fraction of sp³-hybridized carbons (Fsp3) is 0.808. The molecule has 7 heteroatoms. The number of carboxylic acid groups (broad SMARTS) is 3. The lowest BCUT2D eigenvalue weighted by atomic mass is 10.1. The standard InChI is InChI=1S/C26H47NO6/c1-2-3-4-5-6-7-8-9-10-11-12-13-20-27(21-14-17-24(28)29,22-15-18-25(30)31)23-16-19-26(32)33/h6-7H,2-5,8-23H2,1H3,(H2-,28,29,30,31,32,33)/b7-6+. The molecule has 0 saturated carbocycles. The van der Waals surface area contributed by atoms with Crippen LogP contribution in [0.1, 0.15) is 110 Å². The Morgan fingerprint density at radius 2 is 1.06 bits per heavy atom. The van der Waals surface area contributed by atoms with Gasteiger partial charge < -0.3 is 24.6 Å². The van der Waals surface area contributed by atoms with Crippen molar-refractivity contribution in [2.75, 3.05) is 26.2 Å². The Hall–Kier alpha value is -1.89. The molecule has 0 aromatic heterocycles. The second kappa shape index (κ2) is 20.7. The van der Waals surface area contributed by atoms with Gasteiger partial charge in [-0.2, -0.15) is 0 Å². The summed E-state index contributed by atoms with van der Waals surface area (Å²) >= 11 is 0. The molecule has 2 N–H and O–H groups in total. The van der Waals surface area contributed by atoms with Crippen molar-refractivity contribution in [3.05, 3.63) is 12.2 Å². The predicted molar refractivity (Wildman–Crippen MR) is 129 cm³/mol. The van der Waals surface area contributed by atoms with Crippen LogP contribution in [0.4, 0.5) is 0 Å². The Morgan fingerprint density at radius 1 is 0.636 bits per heavy atom. The topological polar surface area (TPSA) is 115 Å². The number of rotatable bonds is 24. The van der Waals surface area contributed by atoms with Crippen molar-refractivity contribution in [3.63, 3.8) is 0 Å². The van der Waals surface area contributed by atoms with Gasteiger partial charge in [0.1, 0.15) is 0 Å². The SMILES string of the molecule is CCCCC/C=C/CCCCCCC[N+](CCCC(=O)[O-])(CCCC(=O)O)CCCC(=O)O. The van der Waals surface area contributed by atoms with E-state index in [0.29, 0.717) is 43.4 Å². The van der Waals surface area contributed by atoms with Gasteiger partial charge in [0.05, 0.1) is 39.0 Å². The molecule has 0 atom stereocenters. The summed E-state index contributed by atoms with van der Waals surface area (Å²) in [5, 5.41) is 28.9. The summed E-state index contributed by atoms with van der Waals surface area (Å²) in [7, 11) is 0. The minimum Gasteiger partial charge on any atom is -0.550 e. The van der Waals surface area contributed by atoms with E-state index in [1.807, 2.05) is 0 Å². The van der Waals surface area contributed by atoms with Crippen LogP contribution in [0.15, 0.2) is 12.2 Å². The number of quaternary nitrogens is 1. The average molecular weight is 470 g/mol. The van der Waals surface area contributed by atoms with Gasteiger partial charge in [0.25, 0.3) is 0 Å². The Morgan fingerprint density at radius 3 is 1.55 bits per heavy atom. The highest BCUT2D eigenvalue weighted by Crippen LogP contribution is 2.18. The lowest BCUT2D eigenvalue weighted by Crippen LogP contribution is -2.51. The first kappa shape index (κ1) is 31.1. The van der Waals surface area contributed by atoms with Crippen LogP contribution in [0.5, 0.6) is 0 Å². The van der Waals surface area contributed by atoms with E-state index < -0.39 is 17.9 Å². The summed E-state index contributed by atoms with van der Waals surface area (Å²) in [6.07, 6.45) is 17.9. The van der Waals surface area contributed by atoms with Crippen molar-refractivity contribution < 1.29 is 34.2 Å². The van der Waals surface area contributed by atoms with E-state index in [1.54, 1.807) is 0 Å². The van der Waals surface area contributed by atoms with E-state index in [4.69, 9.17) is 10.2 Å². The zero-order chi connectivity index (χ0) is 24.8. The van der Waals surface area contributed by atoms with Crippen LogP contribution >= 0.6 is 0 Å². The first-order valence-electron chi connectivity index (χ1n) is 12.9. The van der Waals surface area contributed by atoms with Gasteiger partial charge in [0, 0.05) is 25.2 Å². The fourth-order valence-corrected chi connectivity index (χ4v) is 4.35. The van der Waals surface area contributed by atoms with Crippen LogP contribution in [0.25, 0.3) is 0 Å². The highest BCUT2D eigenvalue weighted by atomic mass is 16.4. The monoisotopic (exact) mass is 469 g/mol. The summed E-state index contributed by atoms with van der Waals surface area (Å²) in [6, 6.07) is 0. The molecule has 7 nitrogen and oxygen atoms in total. The van der Waals surface area contributed by atoms with Crippen molar-refractivity contribution >= 4 is 17.9 Å². The van der Waals surface area contributed by atoms with Gasteiger partial charge in [-0.1, -0.05) is 44.8 Å². The van der Waals surface area contributed by atoms with E-state index in [1.165, 1.54) is 38.5 Å². The maximum Gasteiger partial charge on any atom is 0.303 e. The van der Waals surface area contributed by atoms with Crippen LogP contribution in [-0.2, 0) is 14.4 Å². The van der Waals surface area contributed by atoms with E-state index in [9.17, 15) is 19.5 Å². The zero-order valence-corrected chi connectivity index (χ0v) is 20.8. The highest BCUT2D eigenvalue weighted by molar-refractivity contribution is 5.66. The molecule has 0 radical (unpaired) electrons. The number of nitrogens with zero attached hydrogens (tertiary/aromatic N) is 1. The van der Waals surface area contributed by atoms with Crippen LogP contribution in [0.2, 0.25) is 0 Å². The van der Waals surface area contributed by atoms with E-state index in [2.05, 4.69) is 19.1 Å². The lowest BCUT2D eigenvalue weighted by Gasteiger charge is -2.39. The smallest absolute Gasteiger partial charge is 0.303 e. The van der Waals surface area contributed by atoms with Crippen LogP contribution < -0.4 is 5.11 Å². The number of unbranched alkanes of at least 4 members (excludes halogenated alkanes) is 8. The lowest BCUT2D eigenvalue weighted by molar-refractivity contribution is -0.929. The second-order valence-electron chi connectivity index (χ2n) is 9.23. The highest BCUT2D eigenvalue weighted by Gasteiger charge is 2.26. The van der Waals surface area contributed by atoms with Crippen molar-refractivity contribution in [2.45, 2.75) is 110 Å². The molecule has 0 heterocycles. The number of hydrogen-bond donors (Lipinski definition) is 2. The van der Waals surface area contributed by atoms with E-state index in [0.717, 1.165) is 32.2 Å². The van der Waals surface area contributed by atoms with Gasteiger partial charge >= 0.3 is 11.9 Å². The molecule has 192 valence electrons. The molecular weight excluding hydrogens is 422 g/mol. The predicted octanol–water partition coefficient (Wildman–Crippen LogP) is 4.54. The van der Waals surface area contributed by atoms with Crippen molar-refractivity contribution in [3.8, 4) is 0 Å². The largest absolute Gasteiger partial charge is 0.550 e. The van der Waals surface area contributed by atoms with Gasteiger partial charge in [-0.25, -0.2) is 0 Å². The number of allylic oxidation sites excluding steroid dienone is 2. The first-order valence-corrected chi connectivity index (χ1v) is 12.9. The van der Waals surface area contributed by atoms with E-state index in [-0.39, 0.29) is 19.3 Å². The Kier molecular flexibility index (Phi) is 19.5. The van der Waals surface area contributed by atoms with Crippen LogP contribution in [0, 0.1) is 0 Å². The van der Waals surface area contributed by atoms with Crippen molar-refractivity contribution in [1.82, 2.24) is 0 Å². The Labute approximate surface area is 200 Å². The molecule has 0 saturated heterocycles. The Balaban J connectivity index is 4.55. The third-order valence-corrected chi connectivity index (χ3v) is 6.20. The number of carbonyl (C=O) groups is 3. The summed E-state index contributed by atoms with van der Waals surface area (Å²) in [6.45, 7) is 4.95. The van der Waals surface area contributed by atoms with Gasteiger partial charge in [0.2, 0.25) is 0 Å². The molecule has 0 aliphatic heterocycles. The van der Waals surface area contributed by atoms with Gasteiger partial charge in [0.15, 0.2) is 0 Å². The molecule has 0 aromatic rings. The maximum atomic E-state index is 11.0. The summed E-state index contributed by atoms with van der Waals surface area (Å²) in [5.41, 5.74) is 0. The molecule has 0 bridgehead atoms.